The van der Waals surface area contributed by atoms with E-state index in [-0.39, 0.29) is 11.6 Å². The van der Waals surface area contributed by atoms with Crippen LogP contribution in [0.2, 0.25) is 0 Å². The van der Waals surface area contributed by atoms with E-state index < -0.39 is 11.6 Å². The zero-order valence-electron chi connectivity index (χ0n) is 13.5. The number of thiophene rings is 1. The van der Waals surface area contributed by atoms with Crippen LogP contribution in [0.1, 0.15) is 20.9 Å². The second kappa shape index (κ2) is 6.33. The molecule has 0 bridgehead atoms. The van der Waals surface area contributed by atoms with E-state index in [4.69, 9.17) is 0 Å². The molecule has 126 valence electrons. The smallest absolute Gasteiger partial charge is 0.272 e. The second-order valence-corrected chi connectivity index (χ2v) is 7.16. The van der Waals surface area contributed by atoms with Gasteiger partial charge in [-0.3, -0.25) is 4.79 Å². The van der Waals surface area contributed by atoms with Gasteiger partial charge in [-0.1, -0.05) is 0 Å². The average Bonchev–Trinajstić information content (AvgIpc) is 3.00. The molecule has 2 N–H and O–H groups in total. The molecule has 2 heterocycles. The van der Waals surface area contributed by atoms with Gasteiger partial charge in [0.15, 0.2) is 11.6 Å². The van der Waals surface area contributed by atoms with Crippen LogP contribution in [0.3, 0.4) is 0 Å². The molecule has 0 unspecified atom stereocenters. The Bertz CT molecular complexity index is 914. The number of amides is 1. The number of nitrogens with one attached hydrogen (secondary N) is 2. The molecule has 0 spiro atoms. The zero-order valence-corrected chi connectivity index (χ0v) is 14.4. The predicted octanol–water partition coefficient (Wildman–Crippen LogP) is 4.13. The summed E-state index contributed by atoms with van der Waals surface area (Å²) in [6, 6.07) is 5.28. The minimum atomic E-state index is -0.996. The molecular formula is C17H17F2N3OS. The lowest BCUT2D eigenvalue weighted by Gasteiger charge is -2.11. The molecule has 3 rings (SSSR count). The highest BCUT2D eigenvalue weighted by Gasteiger charge is 2.20. The van der Waals surface area contributed by atoms with Crippen LogP contribution in [0.25, 0.3) is 10.2 Å². The Balaban J connectivity index is 1.96. The first-order valence-electron chi connectivity index (χ1n) is 7.37. The number of aromatic amines is 1. The SMILES string of the molecule is Cc1cc2[nH]c(C(=O)Nc3ccc(F)c(F)c3)c(CN(C)C)c2s1. The molecule has 24 heavy (non-hydrogen) atoms. The van der Waals surface area contributed by atoms with Crippen molar-refractivity contribution in [2.24, 2.45) is 0 Å². The van der Waals surface area contributed by atoms with Crippen molar-refractivity contribution in [3.05, 3.63) is 52.0 Å². The number of anilines is 1. The topological polar surface area (TPSA) is 48.1 Å². The maximum Gasteiger partial charge on any atom is 0.272 e. The standard InChI is InChI=1S/C17H17F2N3OS/c1-9-6-14-16(24-9)11(8-22(2)3)15(21-14)17(23)20-10-4-5-12(18)13(19)7-10/h4-7,21H,8H2,1-3H3,(H,20,23). The summed E-state index contributed by atoms with van der Waals surface area (Å²) in [4.78, 5) is 18.9. The van der Waals surface area contributed by atoms with Crippen molar-refractivity contribution < 1.29 is 13.6 Å². The molecule has 0 saturated carbocycles. The minimum absolute atomic E-state index is 0.212. The molecule has 0 aliphatic carbocycles. The van der Waals surface area contributed by atoms with E-state index in [0.717, 1.165) is 32.8 Å². The third-order valence-electron chi connectivity index (χ3n) is 3.57. The fourth-order valence-electron chi connectivity index (χ4n) is 2.58. The van der Waals surface area contributed by atoms with Gasteiger partial charge in [-0.2, -0.15) is 0 Å². The van der Waals surface area contributed by atoms with E-state index in [0.29, 0.717) is 12.2 Å². The van der Waals surface area contributed by atoms with E-state index in [2.05, 4.69) is 10.3 Å². The number of nitrogens with zero attached hydrogens (tertiary/aromatic N) is 1. The van der Waals surface area contributed by atoms with Crippen LogP contribution in [-0.4, -0.2) is 29.9 Å². The van der Waals surface area contributed by atoms with Crippen LogP contribution in [0.4, 0.5) is 14.5 Å². The number of hydrogen-bond donors (Lipinski definition) is 2. The minimum Gasteiger partial charge on any atom is -0.350 e. The monoisotopic (exact) mass is 349 g/mol. The van der Waals surface area contributed by atoms with Crippen molar-refractivity contribution in [2.75, 3.05) is 19.4 Å². The molecule has 0 atom stereocenters. The van der Waals surface area contributed by atoms with Gasteiger partial charge in [0.1, 0.15) is 5.69 Å². The largest absolute Gasteiger partial charge is 0.350 e. The maximum absolute atomic E-state index is 13.3. The normalized spacial score (nSPS) is 11.4. The predicted molar refractivity (Wildman–Crippen MR) is 92.6 cm³/mol. The van der Waals surface area contributed by atoms with Crippen molar-refractivity contribution in [3.8, 4) is 0 Å². The molecule has 2 aromatic heterocycles. The molecule has 0 saturated heterocycles. The van der Waals surface area contributed by atoms with Crippen LogP contribution in [-0.2, 0) is 6.54 Å². The fourth-order valence-corrected chi connectivity index (χ4v) is 3.59. The summed E-state index contributed by atoms with van der Waals surface area (Å²) in [6.45, 7) is 2.61. The van der Waals surface area contributed by atoms with Crippen molar-refractivity contribution in [1.29, 1.82) is 0 Å². The summed E-state index contributed by atoms with van der Waals surface area (Å²) in [5.41, 5.74) is 2.46. The fraction of sp³-hybridized carbons (Fsp3) is 0.235. The Kier molecular flexibility index (Phi) is 4.38. The van der Waals surface area contributed by atoms with E-state index in [1.165, 1.54) is 6.07 Å². The molecule has 0 aliphatic heterocycles. The first-order chi connectivity index (χ1) is 11.3. The molecular weight excluding hydrogens is 332 g/mol. The van der Waals surface area contributed by atoms with Crippen molar-refractivity contribution in [1.82, 2.24) is 9.88 Å². The zero-order chi connectivity index (χ0) is 17.4. The van der Waals surface area contributed by atoms with Crippen LogP contribution in [0.15, 0.2) is 24.3 Å². The van der Waals surface area contributed by atoms with Gasteiger partial charge in [0.25, 0.3) is 5.91 Å². The second-order valence-electron chi connectivity index (χ2n) is 5.90. The number of fused-ring (bicyclic) bond motifs is 1. The van der Waals surface area contributed by atoms with Crippen molar-refractivity contribution >= 4 is 33.1 Å². The Morgan fingerprint density at radius 3 is 2.67 bits per heavy atom. The Morgan fingerprint density at radius 2 is 2.00 bits per heavy atom. The van der Waals surface area contributed by atoms with Gasteiger partial charge in [-0.15, -0.1) is 11.3 Å². The van der Waals surface area contributed by atoms with Crippen LogP contribution >= 0.6 is 11.3 Å². The molecule has 3 aromatic rings. The van der Waals surface area contributed by atoms with E-state index >= 15 is 0 Å². The number of aromatic nitrogens is 1. The number of carbonyl (C=O) groups is 1. The van der Waals surface area contributed by atoms with E-state index in [1.54, 1.807) is 11.3 Å². The van der Waals surface area contributed by atoms with Crippen LogP contribution < -0.4 is 5.32 Å². The quantitative estimate of drug-likeness (QED) is 0.744. The molecule has 0 aliphatic rings. The lowest BCUT2D eigenvalue weighted by Crippen LogP contribution is -2.18. The summed E-state index contributed by atoms with van der Waals surface area (Å²) < 4.78 is 27.3. The van der Waals surface area contributed by atoms with E-state index in [9.17, 15) is 13.6 Å². The summed E-state index contributed by atoms with van der Waals surface area (Å²) in [5.74, 6) is -2.32. The molecule has 0 fully saturated rings. The van der Waals surface area contributed by atoms with Crippen molar-refractivity contribution in [2.45, 2.75) is 13.5 Å². The Hall–Kier alpha value is -2.25. The van der Waals surface area contributed by atoms with Gasteiger partial charge in [0.2, 0.25) is 0 Å². The summed E-state index contributed by atoms with van der Waals surface area (Å²) in [6.07, 6.45) is 0. The van der Waals surface area contributed by atoms with Gasteiger partial charge >= 0.3 is 0 Å². The number of benzene rings is 1. The van der Waals surface area contributed by atoms with E-state index in [1.807, 2.05) is 32.0 Å². The number of rotatable bonds is 4. The maximum atomic E-state index is 13.3. The summed E-state index contributed by atoms with van der Waals surface area (Å²) in [7, 11) is 3.85. The van der Waals surface area contributed by atoms with Gasteiger partial charge in [0, 0.05) is 28.7 Å². The molecule has 7 heteroatoms. The lowest BCUT2D eigenvalue weighted by molar-refractivity contribution is 0.102. The van der Waals surface area contributed by atoms with Crippen LogP contribution in [0, 0.1) is 18.6 Å². The van der Waals surface area contributed by atoms with Gasteiger partial charge < -0.3 is 15.2 Å². The van der Waals surface area contributed by atoms with Gasteiger partial charge in [-0.25, -0.2) is 8.78 Å². The third-order valence-corrected chi connectivity index (χ3v) is 4.68. The third kappa shape index (κ3) is 3.18. The van der Waals surface area contributed by atoms with Gasteiger partial charge in [-0.05, 0) is 39.2 Å². The molecule has 4 nitrogen and oxygen atoms in total. The Labute approximate surface area is 142 Å². The highest BCUT2D eigenvalue weighted by Crippen LogP contribution is 2.31. The summed E-state index contributed by atoms with van der Waals surface area (Å²) in [5, 5.41) is 2.61. The number of aryl methyl sites for hydroxylation is 1. The first kappa shape index (κ1) is 16.6. The van der Waals surface area contributed by atoms with Gasteiger partial charge in [0.05, 0.1) is 10.2 Å². The number of halogens is 2. The molecule has 1 amide bonds. The molecule has 0 radical (unpaired) electrons. The average molecular weight is 349 g/mol. The van der Waals surface area contributed by atoms with Crippen molar-refractivity contribution in [3.63, 3.8) is 0 Å². The van der Waals surface area contributed by atoms with Crippen LogP contribution in [0.5, 0.6) is 0 Å². The number of H-pyrrole nitrogens is 1. The highest BCUT2D eigenvalue weighted by atomic mass is 32.1. The summed E-state index contributed by atoms with van der Waals surface area (Å²) >= 11 is 1.62. The Morgan fingerprint density at radius 1 is 1.25 bits per heavy atom. The number of carbonyl (C=O) groups excluding carboxylic acids is 1. The number of hydrogen-bond acceptors (Lipinski definition) is 3. The first-order valence-corrected chi connectivity index (χ1v) is 8.19. The lowest BCUT2D eigenvalue weighted by atomic mass is 10.2. The highest BCUT2D eigenvalue weighted by molar-refractivity contribution is 7.19. The molecule has 1 aromatic carbocycles.